The second kappa shape index (κ2) is 8.31. The van der Waals surface area contributed by atoms with Gasteiger partial charge < -0.3 is 20.3 Å². The molecule has 0 saturated carbocycles. The first-order valence-electron chi connectivity index (χ1n) is 6.48. The van der Waals surface area contributed by atoms with Gasteiger partial charge in [-0.2, -0.15) is 0 Å². The number of nitrogens with one attached hydrogen (secondary N) is 2. The first-order chi connectivity index (χ1) is 8.22. The molecule has 0 bridgehead atoms. The number of hydrogen-bond donors (Lipinski definition) is 2. The number of carbonyl (C=O) groups excluding carboxylic acids is 1. The van der Waals surface area contributed by atoms with E-state index in [1.807, 2.05) is 6.92 Å². The zero-order chi connectivity index (χ0) is 12.5. The number of hydrogen-bond acceptors (Lipinski definition) is 3. The Bertz CT molecular complexity index is 218. The van der Waals surface area contributed by atoms with Crippen molar-refractivity contribution in [3.8, 4) is 0 Å². The summed E-state index contributed by atoms with van der Waals surface area (Å²) in [4.78, 5) is 13.9. The summed E-state index contributed by atoms with van der Waals surface area (Å²) in [5, 5.41) is 5.68. The van der Waals surface area contributed by atoms with Crippen LogP contribution in [0.2, 0.25) is 0 Å². The fourth-order valence-electron chi connectivity index (χ4n) is 2.08. The predicted molar refractivity (Wildman–Crippen MR) is 68.2 cm³/mol. The van der Waals surface area contributed by atoms with Crippen LogP contribution < -0.4 is 10.6 Å². The molecular formula is C12H25N3O2. The lowest BCUT2D eigenvalue weighted by Gasteiger charge is -2.16. The molecule has 1 atom stereocenters. The topological polar surface area (TPSA) is 53.6 Å². The van der Waals surface area contributed by atoms with Crippen molar-refractivity contribution in [2.24, 2.45) is 0 Å². The zero-order valence-electron chi connectivity index (χ0n) is 11.0. The molecule has 0 unspecified atom stereocenters. The molecular weight excluding hydrogens is 218 g/mol. The van der Waals surface area contributed by atoms with Crippen molar-refractivity contribution in [2.75, 3.05) is 39.9 Å². The monoisotopic (exact) mass is 243 g/mol. The maximum Gasteiger partial charge on any atom is 0.315 e. The van der Waals surface area contributed by atoms with Gasteiger partial charge in [-0.15, -0.1) is 0 Å². The number of nitrogens with zero attached hydrogens (tertiary/aromatic N) is 1. The minimum Gasteiger partial charge on any atom is -0.383 e. The average molecular weight is 243 g/mol. The molecule has 1 fully saturated rings. The second-order valence-corrected chi connectivity index (χ2v) is 4.66. The van der Waals surface area contributed by atoms with Crippen LogP contribution in [0.25, 0.3) is 0 Å². The summed E-state index contributed by atoms with van der Waals surface area (Å²) in [6.45, 7) is 6.73. The second-order valence-electron chi connectivity index (χ2n) is 4.66. The van der Waals surface area contributed by atoms with E-state index in [4.69, 9.17) is 4.74 Å². The van der Waals surface area contributed by atoms with Crippen LogP contribution in [-0.4, -0.2) is 56.9 Å². The maximum atomic E-state index is 11.4. The van der Waals surface area contributed by atoms with E-state index >= 15 is 0 Å². The number of ether oxygens (including phenoxy) is 1. The molecule has 0 spiro atoms. The molecule has 0 radical (unpaired) electrons. The molecule has 1 aliphatic rings. The van der Waals surface area contributed by atoms with Gasteiger partial charge in [0.25, 0.3) is 0 Å². The van der Waals surface area contributed by atoms with Crippen molar-refractivity contribution in [3.05, 3.63) is 0 Å². The summed E-state index contributed by atoms with van der Waals surface area (Å²) < 4.78 is 4.95. The molecule has 2 N–H and O–H groups in total. The summed E-state index contributed by atoms with van der Waals surface area (Å²) in [6.07, 6.45) is 3.66. The van der Waals surface area contributed by atoms with Gasteiger partial charge >= 0.3 is 6.03 Å². The quantitative estimate of drug-likeness (QED) is 0.651. The largest absolute Gasteiger partial charge is 0.383 e. The summed E-state index contributed by atoms with van der Waals surface area (Å²) in [7, 11) is 1.63. The van der Waals surface area contributed by atoms with Crippen molar-refractivity contribution < 1.29 is 9.53 Å². The van der Waals surface area contributed by atoms with Gasteiger partial charge in [-0.25, -0.2) is 4.79 Å². The molecule has 0 aliphatic carbocycles. The van der Waals surface area contributed by atoms with Gasteiger partial charge in [-0.3, -0.25) is 0 Å². The van der Waals surface area contributed by atoms with Crippen LogP contribution >= 0.6 is 0 Å². The Balaban J connectivity index is 1.95. The summed E-state index contributed by atoms with van der Waals surface area (Å²) in [5.74, 6) is 0. The molecule has 100 valence electrons. The van der Waals surface area contributed by atoms with E-state index in [-0.39, 0.29) is 12.1 Å². The van der Waals surface area contributed by atoms with E-state index in [1.54, 1.807) is 7.11 Å². The maximum absolute atomic E-state index is 11.4. The first kappa shape index (κ1) is 14.3. The van der Waals surface area contributed by atoms with Gasteiger partial charge in [0.15, 0.2) is 0 Å². The van der Waals surface area contributed by atoms with Crippen molar-refractivity contribution in [1.29, 1.82) is 0 Å². The average Bonchev–Trinajstić information content (AvgIpc) is 2.77. The molecule has 1 saturated heterocycles. The number of likely N-dealkylation sites (tertiary alicyclic amines) is 1. The Hall–Kier alpha value is -0.810. The van der Waals surface area contributed by atoms with Crippen LogP contribution in [-0.2, 0) is 4.74 Å². The molecule has 0 aromatic heterocycles. The van der Waals surface area contributed by atoms with Crippen LogP contribution in [0.4, 0.5) is 4.79 Å². The van der Waals surface area contributed by atoms with Gasteiger partial charge in [0.2, 0.25) is 0 Å². The standard InChI is InChI=1S/C12H25N3O2/c1-11(10-17-2)14-12(16)13-6-5-9-15-7-3-4-8-15/h11H,3-10H2,1-2H3,(H2,13,14,16)/t11-/m1/s1. The minimum absolute atomic E-state index is 0.0542. The molecule has 5 nitrogen and oxygen atoms in total. The highest BCUT2D eigenvalue weighted by Crippen LogP contribution is 2.06. The Morgan fingerprint density at radius 1 is 1.41 bits per heavy atom. The van der Waals surface area contributed by atoms with Gasteiger partial charge in [0.05, 0.1) is 12.6 Å². The zero-order valence-corrected chi connectivity index (χ0v) is 11.0. The van der Waals surface area contributed by atoms with E-state index in [2.05, 4.69) is 15.5 Å². The fourth-order valence-corrected chi connectivity index (χ4v) is 2.08. The van der Waals surface area contributed by atoms with E-state index in [1.165, 1.54) is 25.9 Å². The number of amides is 2. The third-order valence-electron chi connectivity index (χ3n) is 2.93. The first-order valence-corrected chi connectivity index (χ1v) is 6.48. The van der Waals surface area contributed by atoms with E-state index in [0.29, 0.717) is 6.61 Å². The molecule has 1 heterocycles. The van der Waals surface area contributed by atoms with Gasteiger partial charge in [-0.1, -0.05) is 0 Å². The Morgan fingerprint density at radius 2 is 2.12 bits per heavy atom. The number of urea groups is 1. The molecule has 2 amide bonds. The Kier molecular flexibility index (Phi) is 6.96. The highest BCUT2D eigenvalue weighted by molar-refractivity contribution is 5.74. The van der Waals surface area contributed by atoms with Gasteiger partial charge in [0, 0.05) is 13.7 Å². The van der Waals surface area contributed by atoms with Crippen LogP contribution in [0, 0.1) is 0 Å². The number of rotatable bonds is 7. The summed E-state index contributed by atoms with van der Waals surface area (Å²) in [6, 6.07) is -0.0467. The fraction of sp³-hybridized carbons (Fsp3) is 0.917. The van der Waals surface area contributed by atoms with Crippen LogP contribution in [0.3, 0.4) is 0 Å². The third kappa shape index (κ3) is 6.48. The summed E-state index contributed by atoms with van der Waals surface area (Å²) in [5.41, 5.74) is 0. The smallest absolute Gasteiger partial charge is 0.315 e. The molecule has 0 aromatic rings. The lowest BCUT2D eigenvalue weighted by atomic mass is 10.3. The Labute approximate surface area is 104 Å². The van der Waals surface area contributed by atoms with E-state index in [9.17, 15) is 4.79 Å². The molecule has 5 heteroatoms. The van der Waals surface area contributed by atoms with Crippen molar-refractivity contribution in [2.45, 2.75) is 32.2 Å². The highest BCUT2D eigenvalue weighted by Gasteiger charge is 2.10. The third-order valence-corrected chi connectivity index (χ3v) is 2.93. The molecule has 1 aliphatic heterocycles. The van der Waals surface area contributed by atoms with Crippen LogP contribution in [0.5, 0.6) is 0 Å². The van der Waals surface area contributed by atoms with Crippen molar-refractivity contribution in [3.63, 3.8) is 0 Å². The van der Waals surface area contributed by atoms with E-state index in [0.717, 1.165) is 19.5 Å². The number of methoxy groups -OCH3 is 1. The normalized spacial score (nSPS) is 18.0. The van der Waals surface area contributed by atoms with E-state index < -0.39 is 0 Å². The SMILES string of the molecule is COC[C@@H](C)NC(=O)NCCCN1CCCC1. The number of carbonyl (C=O) groups is 1. The van der Waals surface area contributed by atoms with Crippen LogP contribution in [0.15, 0.2) is 0 Å². The van der Waals surface area contributed by atoms with Crippen molar-refractivity contribution >= 4 is 6.03 Å². The Morgan fingerprint density at radius 3 is 2.76 bits per heavy atom. The molecule has 0 aromatic carbocycles. The van der Waals surface area contributed by atoms with Crippen molar-refractivity contribution in [1.82, 2.24) is 15.5 Å². The summed E-state index contributed by atoms with van der Waals surface area (Å²) >= 11 is 0. The minimum atomic E-state index is -0.101. The molecule has 1 rings (SSSR count). The van der Waals surface area contributed by atoms with Gasteiger partial charge in [0.1, 0.15) is 0 Å². The molecule has 17 heavy (non-hydrogen) atoms. The lowest BCUT2D eigenvalue weighted by molar-refractivity contribution is 0.171. The highest BCUT2D eigenvalue weighted by atomic mass is 16.5. The van der Waals surface area contributed by atoms with Crippen LogP contribution in [0.1, 0.15) is 26.2 Å². The predicted octanol–water partition coefficient (Wildman–Crippen LogP) is 0.806. The lowest BCUT2D eigenvalue weighted by Crippen LogP contribution is -2.43. The van der Waals surface area contributed by atoms with Gasteiger partial charge in [-0.05, 0) is 45.8 Å².